The quantitative estimate of drug-likeness (QED) is 0.721. The van der Waals surface area contributed by atoms with Gasteiger partial charge in [-0.2, -0.15) is 0 Å². The summed E-state index contributed by atoms with van der Waals surface area (Å²) in [6.45, 7) is 1.89. The average Bonchev–Trinajstić information content (AvgIpc) is 2.12. The lowest BCUT2D eigenvalue weighted by Gasteiger charge is -2.06. The molecule has 1 rings (SSSR count). The molecule has 0 spiro atoms. The van der Waals surface area contributed by atoms with Gasteiger partial charge in [-0.1, -0.05) is 33.6 Å². The van der Waals surface area contributed by atoms with E-state index in [0.717, 1.165) is 17.3 Å². The molecule has 0 amide bonds. The third-order valence-electron chi connectivity index (χ3n) is 1.94. The Hall–Kier alpha value is -0.0800. The van der Waals surface area contributed by atoms with Crippen molar-refractivity contribution in [3.05, 3.63) is 34.1 Å². The van der Waals surface area contributed by atoms with Gasteiger partial charge in [-0.3, -0.25) is 0 Å². The zero-order chi connectivity index (χ0) is 9.84. The fraction of sp³-hybridized carbons (Fsp3) is 0.400. The van der Waals surface area contributed by atoms with Crippen LogP contribution in [0.3, 0.4) is 0 Å². The predicted octanol–water partition coefficient (Wildman–Crippen LogP) is 4.12. The molecule has 0 heterocycles. The van der Waals surface area contributed by atoms with Crippen molar-refractivity contribution in [2.75, 3.05) is 5.33 Å². The third-order valence-corrected chi connectivity index (χ3v) is 3.03. The van der Waals surface area contributed by atoms with Crippen LogP contribution in [0.15, 0.2) is 12.1 Å². The molecule has 1 aromatic carbocycles. The molecule has 0 radical (unpaired) electrons. The molecule has 1 aromatic rings. The van der Waals surface area contributed by atoms with Crippen LogP contribution in [0.25, 0.3) is 0 Å². The van der Waals surface area contributed by atoms with E-state index in [1.807, 2.05) is 6.92 Å². The Balaban J connectivity index is 2.96. The molecule has 0 atom stereocenters. The Labute approximate surface area is 91.2 Å². The predicted molar refractivity (Wildman–Crippen MR) is 58.3 cm³/mol. The molecule has 3 heteroatoms. The van der Waals surface area contributed by atoms with Gasteiger partial charge in [0.15, 0.2) is 0 Å². The largest absolute Gasteiger partial charge is 0.207 e. The first-order valence-electron chi connectivity index (χ1n) is 4.16. The minimum atomic E-state index is -0.198. The highest BCUT2D eigenvalue weighted by molar-refractivity contribution is 9.09. The number of halogens is 3. The lowest BCUT2D eigenvalue weighted by molar-refractivity contribution is 0.607. The molecule has 72 valence electrons. The normalized spacial score (nSPS) is 10.5. The minimum absolute atomic E-state index is 0.198. The minimum Gasteiger partial charge on any atom is -0.207 e. The lowest BCUT2D eigenvalue weighted by Crippen LogP contribution is -1.94. The van der Waals surface area contributed by atoms with Gasteiger partial charge < -0.3 is 0 Å². The Morgan fingerprint density at radius 3 is 2.77 bits per heavy atom. The zero-order valence-corrected chi connectivity index (χ0v) is 9.75. The van der Waals surface area contributed by atoms with E-state index in [9.17, 15) is 4.39 Å². The van der Waals surface area contributed by atoms with Crippen molar-refractivity contribution >= 4 is 27.5 Å². The summed E-state index contributed by atoms with van der Waals surface area (Å²) in [6.07, 6.45) is 1.59. The van der Waals surface area contributed by atoms with Gasteiger partial charge in [0.2, 0.25) is 0 Å². The first-order chi connectivity index (χ1) is 6.16. The van der Waals surface area contributed by atoms with E-state index in [1.54, 1.807) is 6.07 Å². The van der Waals surface area contributed by atoms with Crippen LogP contribution >= 0.6 is 27.5 Å². The van der Waals surface area contributed by atoms with Crippen molar-refractivity contribution in [1.29, 1.82) is 0 Å². The molecule has 0 N–H and O–H groups in total. The second-order valence-electron chi connectivity index (χ2n) is 2.95. The highest BCUT2D eigenvalue weighted by atomic mass is 79.9. The number of rotatable bonds is 3. The second kappa shape index (κ2) is 4.97. The monoisotopic (exact) mass is 264 g/mol. The van der Waals surface area contributed by atoms with Crippen molar-refractivity contribution in [3.63, 3.8) is 0 Å². The van der Waals surface area contributed by atoms with E-state index in [2.05, 4.69) is 15.9 Å². The van der Waals surface area contributed by atoms with Crippen molar-refractivity contribution in [2.45, 2.75) is 19.8 Å². The van der Waals surface area contributed by atoms with Crippen LogP contribution in [0.4, 0.5) is 4.39 Å². The zero-order valence-electron chi connectivity index (χ0n) is 7.41. The van der Waals surface area contributed by atoms with Crippen molar-refractivity contribution in [3.8, 4) is 0 Å². The molecule has 0 bridgehead atoms. The molecule has 0 saturated carbocycles. The summed E-state index contributed by atoms with van der Waals surface area (Å²) in [4.78, 5) is 0. The molecule has 0 fully saturated rings. The van der Waals surface area contributed by atoms with Crippen LogP contribution in [0.1, 0.15) is 17.5 Å². The number of hydrogen-bond donors (Lipinski definition) is 0. The molecular formula is C10H11BrClF. The Bertz CT molecular complexity index is 299. The highest BCUT2D eigenvalue weighted by Gasteiger charge is 2.08. The fourth-order valence-corrected chi connectivity index (χ4v) is 1.72. The van der Waals surface area contributed by atoms with Crippen LogP contribution < -0.4 is 0 Å². The van der Waals surface area contributed by atoms with Crippen molar-refractivity contribution in [1.82, 2.24) is 0 Å². The van der Waals surface area contributed by atoms with Crippen LogP contribution in [0.5, 0.6) is 0 Å². The van der Waals surface area contributed by atoms with E-state index in [4.69, 9.17) is 11.6 Å². The number of benzene rings is 1. The number of aryl methyl sites for hydroxylation is 1. The van der Waals surface area contributed by atoms with Gasteiger partial charge in [-0.05, 0) is 31.4 Å². The summed E-state index contributed by atoms with van der Waals surface area (Å²) >= 11 is 9.29. The number of hydrogen-bond acceptors (Lipinski definition) is 0. The van der Waals surface area contributed by atoms with Crippen molar-refractivity contribution < 1.29 is 4.39 Å². The lowest BCUT2D eigenvalue weighted by atomic mass is 10.1. The SMILES string of the molecule is Cc1ccc(F)c(CCCBr)c1Cl. The second-order valence-corrected chi connectivity index (χ2v) is 4.12. The first kappa shape index (κ1) is 11.0. The van der Waals surface area contributed by atoms with Gasteiger partial charge >= 0.3 is 0 Å². The Morgan fingerprint density at radius 2 is 2.15 bits per heavy atom. The van der Waals surface area contributed by atoms with E-state index in [1.165, 1.54) is 6.07 Å². The summed E-state index contributed by atoms with van der Waals surface area (Å²) in [5.74, 6) is -0.198. The molecule has 0 aliphatic carbocycles. The van der Waals surface area contributed by atoms with E-state index in [-0.39, 0.29) is 5.82 Å². The van der Waals surface area contributed by atoms with Crippen LogP contribution in [0, 0.1) is 12.7 Å². The van der Waals surface area contributed by atoms with Gasteiger partial charge in [0.05, 0.1) is 0 Å². The Morgan fingerprint density at radius 1 is 1.46 bits per heavy atom. The van der Waals surface area contributed by atoms with Gasteiger partial charge in [0.25, 0.3) is 0 Å². The van der Waals surface area contributed by atoms with Gasteiger partial charge in [0.1, 0.15) is 5.82 Å². The standard InChI is InChI=1S/C10H11BrClF/c1-7-4-5-9(13)8(10(7)12)3-2-6-11/h4-5H,2-3,6H2,1H3. The van der Waals surface area contributed by atoms with Crippen LogP contribution in [0.2, 0.25) is 5.02 Å². The molecule has 0 aromatic heterocycles. The summed E-state index contributed by atoms with van der Waals surface area (Å²) in [5, 5.41) is 1.44. The molecule has 0 unspecified atom stereocenters. The molecule has 13 heavy (non-hydrogen) atoms. The van der Waals surface area contributed by atoms with E-state index in [0.29, 0.717) is 17.0 Å². The van der Waals surface area contributed by atoms with Gasteiger partial charge in [-0.25, -0.2) is 4.39 Å². The maximum Gasteiger partial charge on any atom is 0.127 e. The molecule has 0 nitrogen and oxygen atoms in total. The van der Waals surface area contributed by atoms with Gasteiger partial charge in [-0.15, -0.1) is 0 Å². The topological polar surface area (TPSA) is 0 Å². The highest BCUT2D eigenvalue weighted by Crippen LogP contribution is 2.24. The van der Waals surface area contributed by atoms with Crippen LogP contribution in [-0.4, -0.2) is 5.33 Å². The summed E-state index contributed by atoms with van der Waals surface area (Å²) < 4.78 is 13.3. The smallest absolute Gasteiger partial charge is 0.127 e. The first-order valence-corrected chi connectivity index (χ1v) is 5.66. The maximum atomic E-state index is 13.3. The fourth-order valence-electron chi connectivity index (χ4n) is 1.19. The Kier molecular flexibility index (Phi) is 4.20. The van der Waals surface area contributed by atoms with Gasteiger partial charge in [0, 0.05) is 15.9 Å². The molecule has 0 saturated heterocycles. The summed E-state index contributed by atoms with van der Waals surface area (Å²) in [6, 6.07) is 3.18. The maximum absolute atomic E-state index is 13.3. The molecule has 0 aliphatic heterocycles. The summed E-state index contributed by atoms with van der Waals surface area (Å²) in [5.41, 5.74) is 1.58. The third kappa shape index (κ3) is 2.68. The van der Waals surface area contributed by atoms with E-state index < -0.39 is 0 Å². The number of alkyl halides is 1. The van der Waals surface area contributed by atoms with Crippen molar-refractivity contribution in [2.24, 2.45) is 0 Å². The average molecular weight is 266 g/mol. The molecular weight excluding hydrogens is 254 g/mol. The molecule has 0 aliphatic rings. The van der Waals surface area contributed by atoms with E-state index >= 15 is 0 Å². The summed E-state index contributed by atoms with van der Waals surface area (Å²) in [7, 11) is 0. The van der Waals surface area contributed by atoms with Crippen LogP contribution in [-0.2, 0) is 6.42 Å².